The third-order valence-electron chi connectivity index (χ3n) is 5.66. The molecule has 3 aromatic carbocycles. The van der Waals surface area contributed by atoms with Crippen LogP contribution in [-0.2, 0) is 13.0 Å². The van der Waals surface area contributed by atoms with Crippen molar-refractivity contribution in [1.29, 1.82) is 0 Å². The minimum atomic E-state index is -0.347. The molecular weight excluding hydrogens is 381 g/mol. The van der Waals surface area contributed by atoms with Crippen molar-refractivity contribution < 1.29 is 13.5 Å². The Labute approximate surface area is 173 Å². The molecule has 4 nitrogen and oxygen atoms in total. The monoisotopic (exact) mass is 401 g/mol. The highest BCUT2D eigenvalue weighted by Crippen LogP contribution is 2.35. The second kappa shape index (κ2) is 7.34. The lowest BCUT2D eigenvalue weighted by Gasteiger charge is -2.31. The van der Waals surface area contributed by atoms with Crippen molar-refractivity contribution in [2.24, 2.45) is 0 Å². The Hall–Kier alpha value is -3.60. The Morgan fingerprint density at radius 1 is 1.00 bits per heavy atom. The van der Waals surface area contributed by atoms with E-state index in [2.05, 4.69) is 0 Å². The standard InChI is InChI=1S/C25H20FNO3/c1-16-18-11-12-23-20(14-27(15-29-23)22-10-6-5-9-21(22)26)24(18)30-25(28)19(16)13-17-7-3-2-4-8-17/h2-12H,13-15H2,1H3. The van der Waals surface area contributed by atoms with E-state index in [9.17, 15) is 9.18 Å². The van der Waals surface area contributed by atoms with Gasteiger partial charge in [-0.1, -0.05) is 42.5 Å². The van der Waals surface area contributed by atoms with Crippen molar-refractivity contribution in [3.8, 4) is 5.75 Å². The van der Waals surface area contributed by atoms with Crippen molar-refractivity contribution in [2.75, 3.05) is 11.6 Å². The van der Waals surface area contributed by atoms with Crippen molar-refractivity contribution in [3.63, 3.8) is 0 Å². The summed E-state index contributed by atoms with van der Waals surface area (Å²) in [4.78, 5) is 14.7. The third-order valence-corrected chi connectivity index (χ3v) is 5.66. The van der Waals surface area contributed by atoms with Crippen molar-refractivity contribution in [3.05, 3.63) is 105 Å². The number of hydrogen-bond donors (Lipinski definition) is 0. The molecule has 0 fully saturated rings. The predicted octanol–water partition coefficient (Wildman–Crippen LogP) is 5.19. The molecule has 0 N–H and O–H groups in total. The van der Waals surface area contributed by atoms with Gasteiger partial charge in [0.1, 0.15) is 17.1 Å². The lowest BCUT2D eigenvalue weighted by Crippen LogP contribution is -2.32. The molecule has 5 rings (SSSR count). The number of halogens is 1. The van der Waals surface area contributed by atoms with E-state index in [4.69, 9.17) is 9.15 Å². The predicted molar refractivity (Wildman–Crippen MR) is 115 cm³/mol. The molecule has 5 heteroatoms. The van der Waals surface area contributed by atoms with Gasteiger partial charge in [-0.15, -0.1) is 0 Å². The SMILES string of the molecule is Cc1c(Cc2ccccc2)c(=O)oc2c3c(ccc12)OCN(c1ccccc1F)C3. The van der Waals surface area contributed by atoms with Gasteiger partial charge in [0.15, 0.2) is 6.73 Å². The Bertz CT molecular complexity index is 1300. The fourth-order valence-electron chi connectivity index (χ4n) is 4.03. The summed E-state index contributed by atoms with van der Waals surface area (Å²) in [5.41, 5.74) is 3.98. The van der Waals surface area contributed by atoms with Gasteiger partial charge < -0.3 is 14.1 Å². The van der Waals surface area contributed by atoms with E-state index in [1.54, 1.807) is 23.1 Å². The summed E-state index contributed by atoms with van der Waals surface area (Å²) < 4.78 is 25.9. The number of hydrogen-bond acceptors (Lipinski definition) is 4. The largest absolute Gasteiger partial charge is 0.473 e. The molecule has 0 atom stereocenters. The Morgan fingerprint density at radius 3 is 2.57 bits per heavy atom. The van der Waals surface area contributed by atoms with E-state index >= 15 is 0 Å². The lowest BCUT2D eigenvalue weighted by atomic mass is 9.97. The van der Waals surface area contributed by atoms with E-state index in [0.717, 1.165) is 22.1 Å². The van der Waals surface area contributed by atoms with Gasteiger partial charge in [-0.3, -0.25) is 0 Å². The van der Waals surface area contributed by atoms with E-state index in [1.807, 2.05) is 49.4 Å². The number of ether oxygens (including phenoxy) is 1. The lowest BCUT2D eigenvalue weighted by molar-refractivity contribution is 0.287. The van der Waals surface area contributed by atoms with E-state index in [0.29, 0.717) is 35.5 Å². The Morgan fingerprint density at radius 2 is 1.77 bits per heavy atom. The molecule has 1 aliphatic rings. The van der Waals surface area contributed by atoms with Crippen LogP contribution in [0.2, 0.25) is 0 Å². The summed E-state index contributed by atoms with van der Waals surface area (Å²) in [5.74, 6) is 0.348. The minimum absolute atomic E-state index is 0.231. The number of fused-ring (bicyclic) bond motifs is 3. The summed E-state index contributed by atoms with van der Waals surface area (Å²) in [6.07, 6.45) is 0.514. The number of anilines is 1. The average molecular weight is 401 g/mol. The van der Waals surface area contributed by atoms with Crippen LogP contribution < -0.4 is 15.3 Å². The fraction of sp³-hybridized carbons (Fsp3) is 0.160. The van der Waals surface area contributed by atoms with Crippen molar-refractivity contribution in [1.82, 2.24) is 0 Å². The van der Waals surface area contributed by atoms with Crippen LogP contribution in [0.4, 0.5) is 10.1 Å². The topological polar surface area (TPSA) is 42.7 Å². The van der Waals surface area contributed by atoms with Gasteiger partial charge in [-0.25, -0.2) is 9.18 Å². The molecule has 0 bridgehead atoms. The molecule has 0 spiro atoms. The maximum atomic E-state index is 14.3. The zero-order valence-electron chi connectivity index (χ0n) is 16.5. The first-order valence-corrected chi connectivity index (χ1v) is 9.86. The first-order chi connectivity index (χ1) is 14.6. The van der Waals surface area contributed by atoms with Crippen LogP contribution in [0.3, 0.4) is 0 Å². The maximum absolute atomic E-state index is 14.3. The van der Waals surface area contributed by atoms with Crippen molar-refractivity contribution in [2.45, 2.75) is 19.9 Å². The van der Waals surface area contributed by atoms with E-state index < -0.39 is 0 Å². The van der Waals surface area contributed by atoms with Crippen LogP contribution >= 0.6 is 0 Å². The van der Waals surface area contributed by atoms with Gasteiger partial charge in [0.2, 0.25) is 0 Å². The quantitative estimate of drug-likeness (QED) is 0.443. The van der Waals surface area contributed by atoms with Crippen LogP contribution in [0.1, 0.15) is 22.3 Å². The molecule has 4 aromatic rings. The number of para-hydroxylation sites is 1. The zero-order valence-corrected chi connectivity index (χ0v) is 16.5. The van der Waals surface area contributed by atoms with E-state index in [1.165, 1.54) is 6.07 Å². The Balaban J connectivity index is 1.60. The summed E-state index contributed by atoms with van der Waals surface area (Å²) in [6.45, 7) is 2.57. The molecule has 2 heterocycles. The van der Waals surface area contributed by atoms with Crippen LogP contribution in [0, 0.1) is 12.7 Å². The molecule has 1 aliphatic heterocycles. The normalized spacial score (nSPS) is 13.2. The molecule has 0 saturated carbocycles. The highest BCUT2D eigenvalue weighted by Gasteiger charge is 2.24. The van der Waals surface area contributed by atoms with Crippen LogP contribution in [0.15, 0.2) is 75.9 Å². The van der Waals surface area contributed by atoms with Gasteiger partial charge in [-0.05, 0) is 42.3 Å². The molecule has 0 saturated heterocycles. The van der Waals surface area contributed by atoms with E-state index in [-0.39, 0.29) is 18.2 Å². The molecule has 0 amide bonds. The molecule has 30 heavy (non-hydrogen) atoms. The first-order valence-electron chi connectivity index (χ1n) is 9.86. The number of aryl methyl sites for hydroxylation is 1. The number of benzene rings is 3. The highest BCUT2D eigenvalue weighted by atomic mass is 19.1. The smallest absolute Gasteiger partial charge is 0.340 e. The minimum Gasteiger partial charge on any atom is -0.473 e. The van der Waals surface area contributed by atoms with Gasteiger partial charge in [0.25, 0.3) is 0 Å². The Kier molecular flexibility index (Phi) is 4.51. The molecule has 0 aliphatic carbocycles. The number of nitrogens with zero attached hydrogens (tertiary/aromatic N) is 1. The molecule has 0 radical (unpaired) electrons. The van der Waals surface area contributed by atoms with Gasteiger partial charge in [0.05, 0.1) is 17.8 Å². The number of rotatable bonds is 3. The van der Waals surface area contributed by atoms with Gasteiger partial charge in [-0.2, -0.15) is 0 Å². The maximum Gasteiger partial charge on any atom is 0.340 e. The van der Waals surface area contributed by atoms with Crippen molar-refractivity contribution >= 4 is 16.7 Å². The third kappa shape index (κ3) is 3.12. The average Bonchev–Trinajstić information content (AvgIpc) is 2.77. The summed E-state index contributed by atoms with van der Waals surface area (Å²) >= 11 is 0. The van der Waals surface area contributed by atoms with Crippen LogP contribution in [0.25, 0.3) is 11.0 Å². The summed E-state index contributed by atoms with van der Waals surface area (Å²) in [7, 11) is 0. The second-order valence-corrected chi connectivity index (χ2v) is 7.50. The van der Waals surface area contributed by atoms with Gasteiger partial charge in [0, 0.05) is 17.4 Å². The van der Waals surface area contributed by atoms with Crippen LogP contribution in [-0.4, -0.2) is 6.73 Å². The first kappa shape index (κ1) is 18.4. The second-order valence-electron chi connectivity index (χ2n) is 7.50. The fourth-order valence-corrected chi connectivity index (χ4v) is 4.03. The van der Waals surface area contributed by atoms with Crippen LogP contribution in [0.5, 0.6) is 5.75 Å². The molecular formula is C25H20FNO3. The molecule has 1 aromatic heterocycles. The summed E-state index contributed by atoms with van der Waals surface area (Å²) in [5, 5.41) is 0.873. The molecule has 0 unspecified atom stereocenters. The zero-order chi connectivity index (χ0) is 20.7. The molecule has 150 valence electrons. The highest BCUT2D eigenvalue weighted by molar-refractivity contribution is 5.86. The summed E-state index contributed by atoms with van der Waals surface area (Å²) in [6, 6.07) is 20.3. The van der Waals surface area contributed by atoms with Gasteiger partial charge >= 0.3 is 5.63 Å².